The molecule has 0 aromatic heterocycles. The summed E-state index contributed by atoms with van der Waals surface area (Å²) in [6, 6.07) is 12.7. The molecule has 2 bridgehead atoms. The highest BCUT2D eigenvalue weighted by Crippen LogP contribution is 2.42. The lowest BCUT2D eigenvalue weighted by molar-refractivity contribution is -0.931. The van der Waals surface area contributed by atoms with Crippen LogP contribution in [-0.2, 0) is 9.53 Å². The predicted molar refractivity (Wildman–Crippen MR) is 125 cm³/mol. The number of rotatable bonds is 4. The maximum absolute atomic E-state index is 13.8. The number of amides is 1. The van der Waals surface area contributed by atoms with E-state index in [0.717, 1.165) is 22.9 Å². The first-order chi connectivity index (χ1) is 16.8. The van der Waals surface area contributed by atoms with Crippen LogP contribution in [0.1, 0.15) is 25.7 Å². The highest BCUT2D eigenvalue weighted by Gasteiger charge is 2.48. The third kappa shape index (κ3) is 6.88. The van der Waals surface area contributed by atoms with Crippen LogP contribution >= 0.6 is 11.6 Å². The minimum Gasteiger partial charge on any atom is -0.542 e. The van der Waals surface area contributed by atoms with Crippen LogP contribution in [-0.4, -0.2) is 55.5 Å². The number of quaternary nitrogens is 1. The van der Waals surface area contributed by atoms with E-state index >= 15 is 0 Å². The molecule has 1 unspecified atom stereocenters. The maximum atomic E-state index is 13.8. The van der Waals surface area contributed by atoms with Gasteiger partial charge in [0.1, 0.15) is 11.8 Å². The molecule has 2 heterocycles. The first kappa shape index (κ1) is 27.7. The van der Waals surface area contributed by atoms with Gasteiger partial charge in [0.05, 0.1) is 38.5 Å². The van der Waals surface area contributed by atoms with Crippen molar-refractivity contribution in [1.29, 1.82) is 0 Å². The van der Waals surface area contributed by atoms with E-state index in [9.17, 15) is 22.4 Å². The van der Waals surface area contributed by atoms with Crippen LogP contribution in [0.5, 0.6) is 0 Å². The predicted octanol–water partition coefficient (Wildman–Crippen LogP) is 5.01. The fourth-order valence-corrected chi connectivity index (χ4v) is 5.18. The zero-order chi connectivity index (χ0) is 26.7. The summed E-state index contributed by atoms with van der Waals surface area (Å²) >= 11 is 6.07. The second-order valence-electron chi connectivity index (χ2n) is 9.56. The van der Waals surface area contributed by atoms with Crippen LogP contribution in [0.4, 0.5) is 28.0 Å². The summed E-state index contributed by atoms with van der Waals surface area (Å²) in [5, 5.41) is 12.1. The lowest BCUT2D eigenvalue weighted by Crippen LogP contribution is -2.55. The fourth-order valence-electron chi connectivity index (χ4n) is 4.99. The van der Waals surface area contributed by atoms with Crippen molar-refractivity contribution in [3.63, 3.8) is 0 Å². The number of carboxylic acids is 1. The number of alkyl halides is 3. The third-order valence-electron chi connectivity index (χ3n) is 6.96. The lowest BCUT2D eigenvalue weighted by atomic mass is 9.90. The number of halogens is 5. The Hall–Kier alpha value is -2.85. The van der Waals surface area contributed by atoms with Gasteiger partial charge in [-0.3, -0.25) is 5.32 Å². The van der Waals surface area contributed by atoms with Crippen molar-refractivity contribution in [2.24, 2.45) is 5.92 Å². The molecular formula is C25H27ClF4N2O4. The molecule has 2 aromatic rings. The number of carboxylic acid groups (broad SMARTS) is 1. The zero-order valence-corrected chi connectivity index (χ0v) is 20.5. The summed E-state index contributed by atoms with van der Waals surface area (Å²) in [6.45, 7) is 0.423. The SMILES string of the molecule is C[N+]1(C)[C@@H]2CC[C@H]1CC(COC(=O)Nc1ccc(F)cc1-c1cccc(Cl)c1)C2.O=C([O-])C(F)(F)F. The maximum Gasteiger partial charge on any atom is 0.430 e. The standard InChI is InChI=1S/C23H26ClFN2O2.C2HF3O2/c1-27(2)19-7-8-20(27)11-15(10-19)14-29-23(28)26-22-9-6-18(25)13-21(22)16-4-3-5-17(24)12-16;3-2(4,5)1(6)7/h3-6,9,12-13,15,19-20H,7-8,10-11,14H2,1-2H3;(H,6,7)/t15?,19-,20+;. The van der Waals surface area contributed by atoms with Crippen LogP contribution in [0.3, 0.4) is 0 Å². The number of hydrogen-bond acceptors (Lipinski definition) is 4. The Balaban J connectivity index is 0.000000454. The van der Waals surface area contributed by atoms with Crippen molar-refractivity contribution in [2.45, 2.75) is 43.9 Å². The van der Waals surface area contributed by atoms with Crippen LogP contribution in [0, 0.1) is 11.7 Å². The van der Waals surface area contributed by atoms with Crippen LogP contribution < -0.4 is 10.4 Å². The monoisotopic (exact) mass is 530 g/mol. The van der Waals surface area contributed by atoms with Gasteiger partial charge >= 0.3 is 12.3 Å². The van der Waals surface area contributed by atoms with Gasteiger partial charge in [0, 0.05) is 42.2 Å². The van der Waals surface area contributed by atoms with Crippen molar-refractivity contribution in [3.05, 3.63) is 53.3 Å². The van der Waals surface area contributed by atoms with Gasteiger partial charge < -0.3 is 19.1 Å². The molecule has 196 valence electrons. The fraction of sp³-hybridized carbons (Fsp3) is 0.440. The Kier molecular flexibility index (Phi) is 8.51. The number of nitrogens with one attached hydrogen (secondary N) is 1. The largest absolute Gasteiger partial charge is 0.542 e. The van der Waals surface area contributed by atoms with E-state index in [1.165, 1.54) is 25.0 Å². The number of piperidine rings is 1. The van der Waals surface area contributed by atoms with E-state index in [4.69, 9.17) is 26.2 Å². The Morgan fingerprint density at radius 1 is 1.11 bits per heavy atom. The summed E-state index contributed by atoms with van der Waals surface area (Å²) in [7, 11) is 4.63. The summed E-state index contributed by atoms with van der Waals surface area (Å²) in [5.41, 5.74) is 1.80. The summed E-state index contributed by atoms with van der Waals surface area (Å²) in [5.74, 6) is -2.98. The molecule has 1 N–H and O–H groups in total. The number of anilines is 1. The normalized spacial score (nSPS) is 22.2. The highest BCUT2D eigenvalue weighted by molar-refractivity contribution is 6.30. The van der Waals surface area contributed by atoms with Crippen molar-refractivity contribution in [2.75, 3.05) is 26.0 Å². The summed E-state index contributed by atoms with van der Waals surface area (Å²) < 4.78 is 52.0. The molecule has 2 fully saturated rings. The molecule has 0 saturated carbocycles. The molecule has 0 aliphatic carbocycles. The van der Waals surface area contributed by atoms with Crippen molar-refractivity contribution < 1.29 is 41.5 Å². The minimum absolute atomic E-state index is 0.377. The average Bonchev–Trinajstić information content (AvgIpc) is 2.95. The number of carbonyl (C=O) groups is 2. The van der Waals surface area contributed by atoms with Crippen LogP contribution in [0.15, 0.2) is 42.5 Å². The molecule has 36 heavy (non-hydrogen) atoms. The van der Waals surface area contributed by atoms with Gasteiger partial charge in [0.25, 0.3) is 0 Å². The van der Waals surface area contributed by atoms with Gasteiger partial charge in [-0.05, 0) is 35.9 Å². The van der Waals surface area contributed by atoms with E-state index in [0.29, 0.717) is 40.9 Å². The minimum atomic E-state index is -5.19. The molecule has 0 radical (unpaired) electrons. The second kappa shape index (κ2) is 11.0. The van der Waals surface area contributed by atoms with E-state index in [-0.39, 0.29) is 5.82 Å². The number of fused-ring (bicyclic) bond motifs is 2. The first-order valence-electron chi connectivity index (χ1n) is 11.4. The van der Waals surface area contributed by atoms with Gasteiger partial charge in [-0.2, -0.15) is 13.2 Å². The lowest BCUT2D eigenvalue weighted by Gasteiger charge is -2.44. The molecule has 4 rings (SSSR count). The number of benzene rings is 2. The molecule has 2 aliphatic heterocycles. The average molecular weight is 531 g/mol. The summed E-state index contributed by atoms with van der Waals surface area (Å²) in [4.78, 5) is 21.2. The van der Waals surface area contributed by atoms with Gasteiger partial charge in [-0.15, -0.1) is 0 Å². The van der Waals surface area contributed by atoms with Gasteiger partial charge in [0.2, 0.25) is 0 Å². The van der Waals surface area contributed by atoms with Crippen LogP contribution in [0.25, 0.3) is 11.1 Å². The second-order valence-corrected chi connectivity index (χ2v) is 10.00. The van der Waals surface area contributed by atoms with Crippen molar-refractivity contribution in [3.8, 4) is 11.1 Å². The molecule has 11 heteroatoms. The van der Waals surface area contributed by atoms with Crippen molar-refractivity contribution >= 4 is 29.4 Å². The molecule has 1 amide bonds. The van der Waals surface area contributed by atoms with Crippen LogP contribution in [0.2, 0.25) is 5.02 Å². The number of hydrogen-bond donors (Lipinski definition) is 1. The van der Waals surface area contributed by atoms with E-state index in [2.05, 4.69) is 19.4 Å². The number of carbonyl (C=O) groups excluding carboxylic acids is 2. The summed E-state index contributed by atoms with van der Waals surface area (Å²) in [6.07, 6.45) is -0.980. The Labute approximate surface area is 211 Å². The molecule has 6 nitrogen and oxygen atoms in total. The van der Waals surface area contributed by atoms with E-state index in [1.807, 2.05) is 6.07 Å². The molecule has 2 aromatic carbocycles. The molecule has 3 atom stereocenters. The molecule has 2 saturated heterocycles. The van der Waals surface area contributed by atoms with E-state index in [1.54, 1.807) is 24.3 Å². The molecule has 0 spiro atoms. The Bertz CT molecular complexity index is 1090. The zero-order valence-electron chi connectivity index (χ0n) is 19.8. The van der Waals surface area contributed by atoms with Gasteiger partial charge in [0.15, 0.2) is 0 Å². The number of ether oxygens (including phenoxy) is 1. The van der Waals surface area contributed by atoms with Gasteiger partial charge in [-0.1, -0.05) is 23.7 Å². The molecular weight excluding hydrogens is 504 g/mol. The van der Waals surface area contributed by atoms with Crippen molar-refractivity contribution in [1.82, 2.24) is 0 Å². The number of nitrogens with zero attached hydrogens (tertiary/aromatic N) is 1. The topological polar surface area (TPSA) is 78.5 Å². The third-order valence-corrected chi connectivity index (χ3v) is 7.20. The Morgan fingerprint density at radius 2 is 1.72 bits per heavy atom. The highest BCUT2D eigenvalue weighted by atomic mass is 35.5. The Morgan fingerprint density at radius 3 is 2.28 bits per heavy atom. The first-order valence-corrected chi connectivity index (χ1v) is 11.8. The smallest absolute Gasteiger partial charge is 0.430 e. The number of aliphatic carboxylic acids is 1. The molecule has 2 aliphatic rings. The van der Waals surface area contributed by atoms with E-state index < -0.39 is 18.2 Å². The quantitative estimate of drug-likeness (QED) is 0.445. The van der Waals surface area contributed by atoms with Gasteiger partial charge in [-0.25, -0.2) is 9.18 Å².